The molecule has 0 saturated carbocycles. The molecule has 0 unspecified atom stereocenters. The third-order valence-electron chi connectivity index (χ3n) is 5.03. The van der Waals surface area contributed by atoms with Gasteiger partial charge in [-0.05, 0) is 49.4 Å². The number of nitrogens with one attached hydrogen (secondary N) is 1. The quantitative estimate of drug-likeness (QED) is 0.512. The van der Waals surface area contributed by atoms with Crippen LogP contribution in [0.15, 0.2) is 52.0 Å². The number of hydrogen-bond donors (Lipinski definition) is 2. The number of fused-ring (bicyclic) bond motifs is 1. The van der Waals surface area contributed by atoms with E-state index in [0.29, 0.717) is 26.8 Å². The molecule has 0 atom stereocenters. The summed E-state index contributed by atoms with van der Waals surface area (Å²) in [4.78, 5) is 41.9. The van der Waals surface area contributed by atoms with E-state index in [1.165, 1.54) is 12.1 Å². The first-order valence-electron chi connectivity index (χ1n) is 9.91. The first-order chi connectivity index (χ1) is 15.8. The fraction of sp³-hybridized carbons (Fsp3) is 0.174. The van der Waals surface area contributed by atoms with Crippen LogP contribution in [0.3, 0.4) is 0 Å². The van der Waals surface area contributed by atoms with Gasteiger partial charge in [0.15, 0.2) is 0 Å². The van der Waals surface area contributed by atoms with E-state index < -0.39 is 11.9 Å². The highest BCUT2D eigenvalue weighted by Crippen LogP contribution is 2.29. The number of nitrogens with zero attached hydrogens (tertiary/aromatic N) is 3. The van der Waals surface area contributed by atoms with Gasteiger partial charge in [0, 0.05) is 28.4 Å². The van der Waals surface area contributed by atoms with Crippen LogP contribution in [0.25, 0.3) is 10.9 Å². The van der Waals surface area contributed by atoms with Crippen LogP contribution in [0.1, 0.15) is 39.8 Å². The van der Waals surface area contributed by atoms with E-state index in [2.05, 4.69) is 31.3 Å². The Hall–Kier alpha value is -3.63. The monoisotopic (exact) mass is 510 g/mol. The van der Waals surface area contributed by atoms with Gasteiger partial charge < -0.3 is 15.2 Å². The molecule has 0 bridgehead atoms. The summed E-state index contributed by atoms with van der Waals surface area (Å²) >= 11 is 3.37. The highest BCUT2D eigenvalue weighted by Gasteiger charge is 2.26. The minimum atomic E-state index is -1.28. The van der Waals surface area contributed by atoms with Crippen LogP contribution >= 0.6 is 15.9 Å². The molecule has 168 valence electrons. The van der Waals surface area contributed by atoms with E-state index in [1.807, 2.05) is 0 Å². The van der Waals surface area contributed by atoms with Gasteiger partial charge in [0.1, 0.15) is 0 Å². The van der Waals surface area contributed by atoms with Crippen molar-refractivity contribution in [1.82, 2.24) is 4.98 Å². The topological polar surface area (TPSA) is 121 Å². The Labute approximate surface area is 197 Å². The number of carbonyl (C=O) groups is 3. The Morgan fingerprint density at radius 3 is 2.52 bits per heavy atom. The smallest absolute Gasteiger partial charge is 0.338 e. The van der Waals surface area contributed by atoms with E-state index >= 15 is 0 Å². The molecule has 10 heteroatoms. The van der Waals surface area contributed by atoms with Gasteiger partial charge in [0.05, 0.1) is 41.1 Å². The van der Waals surface area contributed by atoms with Gasteiger partial charge in [0.2, 0.25) is 0 Å². The Balaban J connectivity index is 1.73. The highest BCUT2D eigenvalue weighted by atomic mass is 79.9. The SMILES string of the molecule is COCc1nc2ccc(Br)cc2c(C(=O)Nc2ccc(N3N=C(C)CC3=O)cc2)c1C(=O)O. The first kappa shape index (κ1) is 22.6. The number of hydrogen-bond acceptors (Lipinski definition) is 6. The summed E-state index contributed by atoms with van der Waals surface area (Å²) in [5, 5.41) is 18.5. The number of carboxylic acid groups (broad SMARTS) is 1. The van der Waals surface area contributed by atoms with E-state index in [-0.39, 0.29) is 35.8 Å². The number of ether oxygens (including phenoxy) is 1. The predicted molar refractivity (Wildman–Crippen MR) is 127 cm³/mol. The summed E-state index contributed by atoms with van der Waals surface area (Å²) in [5.74, 6) is -2.01. The summed E-state index contributed by atoms with van der Waals surface area (Å²) < 4.78 is 5.79. The average molecular weight is 511 g/mol. The van der Waals surface area contributed by atoms with Crippen molar-refractivity contribution in [3.8, 4) is 0 Å². The molecule has 0 saturated heterocycles. The second-order valence-electron chi connectivity index (χ2n) is 7.43. The van der Waals surface area contributed by atoms with Gasteiger partial charge in [0.25, 0.3) is 11.8 Å². The van der Waals surface area contributed by atoms with Crippen molar-refractivity contribution in [2.24, 2.45) is 5.10 Å². The zero-order valence-electron chi connectivity index (χ0n) is 17.8. The lowest BCUT2D eigenvalue weighted by atomic mass is 9.99. The number of anilines is 2. The van der Waals surface area contributed by atoms with Gasteiger partial charge in [-0.15, -0.1) is 0 Å². The second-order valence-corrected chi connectivity index (χ2v) is 8.34. The zero-order chi connectivity index (χ0) is 23.7. The molecular formula is C23H19BrN4O5. The molecule has 1 aliphatic rings. The number of amides is 2. The third-order valence-corrected chi connectivity index (χ3v) is 5.52. The molecule has 0 fully saturated rings. The maximum atomic E-state index is 13.3. The van der Waals surface area contributed by atoms with Crippen molar-refractivity contribution in [2.45, 2.75) is 20.0 Å². The van der Waals surface area contributed by atoms with Crippen LogP contribution in [-0.4, -0.2) is 40.7 Å². The lowest BCUT2D eigenvalue weighted by Crippen LogP contribution is -2.21. The van der Waals surface area contributed by atoms with Crippen LogP contribution in [-0.2, 0) is 16.1 Å². The van der Waals surface area contributed by atoms with E-state index in [0.717, 1.165) is 5.71 Å². The van der Waals surface area contributed by atoms with Gasteiger partial charge in [-0.3, -0.25) is 9.59 Å². The van der Waals surface area contributed by atoms with E-state index in [9.17, 15) is 19.5 Å². The molecule has 3 aromatic rings. The molecule has 0 radical (unpaired) electrons. The standard InChI is InChI=1S/C23H19BrN4O5/c1-12-9-19(29)28(27-12)15-6-4-14(5-7-15)25-22(30)20-16-10-13(24)3-8-17(16)26-18(11-33-2)21(20)23(31)32/h3-8,10H,9,11H2,1-2H3,(H,25,30)(H,31,32). The molecular weight excluding hydrogens is 492 g/mol. The van der Waals surface area contributed by atoms with E-state index in [4.69, 9.17) is 4.74 Å². The van der Waals surface area contributed by atoms with Gasteiger partial charge in [-0.2, -0.15) is 5.10 Å². The Morgan fingerprint density at radius 2 is 1.91 bits per heavy atom. The molecule has 4 rings (SSSR count). The Bertz CT molecular complexity index is 1320. The molecule has 2 amide bonds. The van der Waals surface area contributed by atoms with Crippen LogP contribution in [0.2, 0.25) is 0 Å². The van der Waals surface area contributed by atoms with Crippen molar-refractivity contribution in [1.29, 1.82) is 0 Å². The number of aromatic nitrogens is 1. The predicted octanol–water partition coefficient (Wildman–Crippen LogP) is 4.21. The van der Waals surface area contributed by atoms with Gasteiger partial charge >= 0.3 is 5.97 Å². The average Bonchev–Trinajstić information content (AvgIpc) is 3.11. The number of benzene rings is 2. The summed E-state index contributed by atoms with van der Waals surface area (Å²) in [6.07, 6.45) is 0.269. The van der Waals surface area contributed by atoms with Crippen molar-refractivity contribution < 1.29 is 24.2 Å². The van der Waals surface area contributed by atoms with Crippen LogP contribution < -0.4 is 10.3 Å². The number of hydrazone groups is 1. The fourth-order valence-corrected chi connectivity index (χ4v) is 3.99. The molecule has 9 nitrogen and oxygen atoms in total. The molecule has 2 N–H and O–H groups in total. The minimum Gasteiger partial charge on any atom is -0.478 e. The molecule has 1 aromatic heterocycles. The second kappa shape index (κ2) is 9.08. The zero-order valence-corrected chi connectivity index (χ0v) is 19.3. The number of methoxy groups -OCH3 is 1. The largest absolute Gasteiger partial charge is 0.478 e. The molecule has 2 heterocycles. The van der Waals surface area contributed by atoms with Gasteiger partial charge in [-0.25, -0.2) is 14.8 Å². The summed E-state index contributed by atoms with van der Waals surface area (Å²) in [7, 11) is 1.43. The number of halogens is 1. The van der Waals surface area contributed by atoms with Crippen LogP contribution in [0, 0.1) is 0 Å². The number of carboxylic acids is 1. The first-order valence-corrected chi connectivity index (χ1v) is 10.7. The van der Waals surface area contributed by atoms with Crippen molar-refractivity contribution in [2.75, 3.05) is 17.4 Å². The summed E-state index contributed by atoms with van der Waals surface area (Å²) in [6.45, 7) is 1.72. The number of aromatic carboxylic acids is 1. The normalized spacial score (nSPS) is 13.4. The Morgan fingerprint density at radius 1 is 1.18 bits per heavy atom. The summed E-state index contributed by atoms with van der Waals surface area (Å²) in [5.41, 5.74) is 2.12. The van der Waals surface area contributed by atoms with E-state index in [1.54, 1.807) is 49.4 Å². The van der Waals surface area contributed by atoms with Crippen molar-refractivity contribution in [3.63, 3.8) is 0 Å². The van der Waals surface area contributed by atoms with Crippen molar-refractivity contribution in [3.05, 3.63) is 63.8 Å². The lowest BCUT2D eigenvalue weighted by Gasteiger charge is -2.15. The molecule has 0 spiro atoms. The van der Waals surface area contributed by atoms with Crippen LogP contribution in [0.5, 0.6) is 0 Å². The Kier molecular flexibility index (Phi) is 6.21. The molecule has 1 aliphatic heterocycles. The third kappa shape index (κ3) is 4.48. The highest BCUT2D eigenvalue weighted by molar-refractivity contribution is 9.10. The number of carbonyl (C=O) groups excluding carboxylic acids is 2. The minimum absolute atomic E-state index is 0.0140. The molecule has 0 aliphatic carbocycles. The molecule has 33 heavy (non-hydrogen) atoms. The lowest BCUT2D eigenvalue weighted by molar-refractivity contribution is -0.116. The molecule has 2 aromatic carbocycles. The maximum Gasteiger partial charge on any atom is 0.338 e. The summed E-state index contributed by atoms with van der Waals surface area (Å²) in [6, 6.07) is 11.7. The van der Waals surface area contributed by atoms with Crippen molar-refractivity contribution >= 4 is 61.7 Å². The van der Waals surface area contributed by atoms with Gasteiger partial charge in [-0.1, -0.05) is 15.9 Å². The fourth-order valence-electron chi connectivity index (χ4n) is 3.63. The van der Waals surface area contributed by atoms with Crippen LogP contribution in [0.4, 0.5) is 11.4 Å². The maximum absolute atomic E-state index is 13.3. The number of rotatable bonds is 6. The number of pyridine rings is 1.